The molecule has 0 spiro atoms. The minimum atomic E-state index is -0.288. The largest absolute Gasteiger partial charge is 0.399 e. The summed E-state index contributed by atoms with van der Waals surface area (Å²) >= 11 is 0. The molecule has 0 aliphatic rings. The molecule has 96 valence electrons. The number of hydrogen-bond acceptors (Lipinski definition) is 4. The molecule has 0 aliphatic heterocycles. The van der Waals surface area contributed by atoms with Crippen LogP contribution in [0.3, 0.4) is 0 Å². The van der Waals surface area contributed by atoms with E-state index in [1.54, 1.807) is 23.9 Å². The molecule has 0 amide bonds. The summed E-state index contributed by atoms with van der Waals surface area (Å²) in [6.07, 6.45) is 0. The maximum atomic E-state index is 12.1. The third-order valence-electron chi connectivity index (χ3n) is 3.07. The molecule has 6 heteroatoms. The quantitative estimate of drug-likeness (QED) is 0.640. The molecule has 0 unspecified atom stereocenters. The van der Waals surface area contributed by atoms with Crippen molar-refractivity contribution in [1.82, 2.24) is 19.7 Å². The van der Waals surface area contributed by atoms with E-state index < -0.39 is 0 Å². The number of nitrogens with two attached hydrogens (primary N) is 1. The zero-order chi connectivity index (χ0) is 13.6. The highest BCUT2D eigenvalue weighted by molar-refractivity contribution is 5.78. The van der Waals surface area contributed by atoms with Gasteiger partial charge in [0.05, 0.1) is 11.2 Å². The van der Waals surface area contributed by atoms with Crippen LogP contribution < -0.4 is 11.3 Å². The average Bonchev–Trinajstić information content (AvgIpc) is 2.66. The van der Waals surface area contributed by atoms with Crippen molar-refractivity contribution in [2.24, 2.45) is 7.05 Å². The summed E-state index contributed by atoms with van der Waals surface area (Å²) in [5.74, 6) is 0.522. The standard InChI is InChI=1S/C13H13N5O/c1-7-10-11(18(2)17-7)13(19)16-12(15-10)8-3-5-9(14)6-4-8/h3-6H,14H2,1-2H3,(H,15,16,19). The second kappa shape index (κ2) is 3.94. The van der Waals surface area contributed by atoms with Crippen molar-refractivity contribution in [3.8, 4) is 11.4 Å². The maximum Gasteiger partial charge on any atom is 0.299 e. The van der Waals surface area contributed by atoms with Gasteiger partial charge in [0, 0.05) is 18.3 Å². The summed E-state index contributed by atoms with van der Waals surface area (Å²) in [6, 6.07) is 7.20. The number of nitrogens with one attached hydrogen (secondary N) is 1. The lowest BCUT2D eigenvalue weighted by Gasteiger charge is -2.02. The van der Waals surface area contributed by atoms with E-state index in [4.69, 9.17) is 5.73 Å². The van der Waals surface area contributed by atoms with E-state index in [0.717, 1.165) is 11.3 Å². The Morgan fingerprint density at radius 3 is 2.63 bits per heavy atom. The summed E-state index contributed by atoms with van der Waals surface area (Å²) in [4.78, 5) is 19.3. The minimum absolute atomic E-state index is 0.288. The predicted octanol–water partition coefficient (Wildman–Crippen LogP) is 1.21. The Balaban J connectivity index is 2.29. The lowest BCUT2D eigenvalue weighted by Crippen LogP contribution is -2.12. The lowest BCUT2D eigenvalue weighted by molar-refractivity contribution is 0.779. The van der Waals surface area contributed by atoms with E-state index in [1.807, 2.05) is 19.1 Å². The molecular weight excluding hydrogens is 242 g/mol. The highest BCUT2D eigenvalue weighted by Gasteiger charge is 2.12. The Kier molecular flexibility index (Phi) is 2.38. The summed E-state index contributed by atoms with van der Waals surface area (Å²) in [5, 5.41) is 4.23. The Morgan fingerprint density at radius 1 is 1.26 bits per heavy atom. The van der Waals surface area contributed by atoms with Crippen molar-refractivity contribution in [1.29, 1.82) is 0 Å². The monoisotopic (exact) mass is 255 g/mol. The first kappa shape index (κ1) is 11.5. The zero-order valence-corrected chi connectivity index (χ0v) is 10.6. The first-order valence-electron chi connectivity index (χ1n) is 5.86. The van der Waals surface area contributed by atoms with Crippen LogP contribution in [-0.2, 0) is 7.05 Å². The second-order valence-electron chi connectivity index (χ2n) is 4.45. The zero-order valence-electron chi connectivity index (χ0n) is 10.6. The van der Waals surface area contributed by atoms with E-state index in [2.05, 4.69) is 15.1 Å². The van der Waals surface area contributed by atoms with E-state index in [9.17, 15) is 4.79 Å². The average molecular weight is 255 g/mol. The van der Waals surface area contributed by atoms with Crippen LogP contribution >= 0.6 is 0 Å². The van der Waals surface area contributed by atoms with Gasteiger partial charge in [-0.05, 0) is 31.2 Å². The van der Waals surface area contributed by atoms with Gasteiger partial charge in [0.25, 0.3) is 5.56 Å². The van der Waals surface area contributed by atoms with Gasteiger partial charge in [-0.25, -0.2) is 0 Å². The Labute approximate surface area is 108 Å². The van der Waals surface area contributed by atoms with E-state index >= 15 is 0 Å². The number of rotatable bonds is 1. The van der Waals surface area contributed by atoms with Crippen LogP contribution in [0.5, 0.6) is 0 Å². The number of anilines is 1. The fraction of sp³-hybridized carbons (Fsp3) is 0.154. The van der Waals surface area contributed by atoms with Crippen molar-refractivity contribution in [2.45, 2.75) is 6.92 Å². The smallest absolute Gasteiger partial charge is 0.299 e. The van der Waals surface area contributed by atoms with Gasteiger partial charge in [-0.2, -0.15) is 10.1 Å². The first-order chi connectivity index (χ1) is 9.06. The van der Waals surface area contributed by atoms with Crippen LogP contribution in [0.25, 0.3) is 22.4 Å². The number of nitrogens with zero attached hydrogens (tertiary/aromatic N) is 3. The van der Waals surface area contributed by atoms with E-state index in [0.29, 0.717) is 22.5 Å². The summed E-state index contributed by atoms with van der Waals surface area (Å²) < 4.78 is 1.54. The van der Waals surface area contributed by atoms with Crippen LogP contribution in [0.1, 0.15) is 5.69 Å². The van der Waals surface area contributed by atoms with Gasteiger partial charge in [-0.15, -0.1) is 0 Å². The fourth-order valence-electron chi connectivity index (χ4n) is 2.13. The molecule has 0 saturated heterocycles. The number of aryl methyl sites for hydroxylation is 2. The first-order valence-corrected chi connectivity index (χ1v) is 5.86. The van der Waals surface area contributed by atoms with Gasteiger partial charge in [-0.1, -0.05) is 0 Å². The van der Waals surface area contributed by atoms with Gasteiger partial charge in [0.2, 0.25) is 0 Å². The highest BCUT2D eigenvalue weighted by atomic mass is 16.1. The second-order valence-corrected chi connectivity index (χ2v) is 4.45. The van der Waals surface area contributed by atoms with Crippen molar-refractivity contribution < 1.29 is 0 Å². The van der Waals surface area contributed by atoms with E-state index in [1.165, 1.54) is 0 Å². The van der Waals surface area contributed by atoms with Crippen LogP contribution in [0.15, 0.2) is 29.1 Å². The number of aromatic amines is 1. The Morgan fingerprint density at radius 2 is 1.95 bits per heavy atom. The van der Waals surface area contributed by atoms with Crippen LogP contribution in [0.2, 0.25) is 0 Å². The van der Waals surface area contributed by atoms with Gasteiger partial charge in [0.1, 0.15) is 5.82 Å². The molecule has 0 atom stereocenters. The Hall–Kier alpha value is -2.63. The SMILES string of the molecule is Cc1nn(C)c2c(=O)nc(-c3ccc(N)cc3)[nH]c12. The van der Waals surface area contributed by atoms with Crippen molar-refractivity contribution >= 4 is 16.7 Å². The third kappa shape index (κ3) is 1.77. The molecule has 0 fully saturated rings. The van der Waals surface area contributed by atoms with Gasteiger partial charge < -0.3 is 10.7 Å². The fourth-order valence-corrected chi connectivity index (χ4v) is 2.13. The molecule has 0 saturated carbocycles. The van der Waals surface area contributed by atoms with Crippen molar-refractivity contribution in [2.75, 3.05) is 5.73 Å². The van der Waals surface area contributed by atoms with Crippen molar-refractivity contribution in [3.05, 3.63) is 40.3 Å². The molecular formula is C13H13N5O. The molecule has 1 aromatic carbocycles. The minimum Gasteiger partial charge on any atom is -0.399 e. The number of fused-ring (bicyclic) bond motifs is 1. The number of benzene rings is 1. The molecule has 0 radical (unpaired) electrons. The molecule has 0 bridgehead atoms. The molecule has 19 heavy (non-hydrogen) atoms. The number of aromatic nitrogens is 4. The number of hydrogen-bond donors (Lipinski definition) is 2. The number of H-pyrrole nitrogens is 1. The summed E-state index contributed by atoms with van der Waals surface area (Å²) in [6.45, 7) is 1.85. The molecule has 2 heterocycles. The van der Waals surface area contributed by atoms with Gasteiger partial charge in [0.15, 0.2) is 5.52 Å². The van der Waals surface area contributed by atoms with Crippen LogP contribution in [-0.4, -0.2) is 19.7 Å². The van der Waals surface area contributed by atoms with Gasteiger partial charge in [-0.3, -0.25) is 9.48 Å². The predicted molar refractivity (Wildman–Crippen MR) is 73.7 cm³/mol. The molecule has 2 aromatic heterocycles. The molecule has 3 rings (SSSR count). The lowest BCUT2D eigenvalue weighted by atomic mass is 10.2. The summed E-state index contributed by atoms with van der Waals surface area (Å²) in [5.41, 5.74) is 8.82. The van der Waals surface area contributed by atoms with Gasteiger partial charge >= 0.3 is 0 Å². The normalized spacial score (nSPS) is 11.1. The van der Waals surface area contributed by atoms with Crippen molar-refractivity contribution in [3.63, 3.8) is 0 Å². The maximum absolute atomic E-state index is 12.1. The Bertz CT molecular complexity index is 813. The summed E-state index contributed by atoms with van der Waals surface area (Å²) in [7, 11) is 1.73. The molecule has 0 aliphatic carbocycles. The van der Waals surface area contributed by atoms with Crippen LogP contribution in [0.4, 0.5) is 5.69 Å². The molecule has 3 N–H and O–H groups in total. The van der Waals surface area contributed by atoms with Crippen LogP contribution in [0, 0.1) is 6.92 Å². The topological polar surface area (TPSA) is 89.6 Å². The molecule has 3 aromatic rings. The molecule has 6 nitrogen and oxygen atoms in total. The van der Waals surface area contributed by atoms with E-state index in [-0.39, 0.29) is 5.56 Å². The number of nitrogen functional groups attached to an aromatic ring is 1. The highest BCUT2D eigenvalue weighted by Crippen LogP contribution is 2.18. The third-order valence-corrected chi connectivity index (χ3v) is 3.07.